The molecule has 15 heavy (non-hydrogen) atoms. The first-order valence-corrected chi connectivity index (χ1v) is 6.56. The van der Waals surface area contributed by atoms with Crippen LogP contribution in [0.15, 0.2) is 24.3 Å². The lowest BCUT2D eigenvalue weighted by Crippen LogP contribution is -2.34. The van der Waals surface area contributed by atoms with Gasteiger partial charge in [-0.15, -0.1) is 0 Å². The van der Waals surface area contributed by atoms with Crippen molar-refractivity contribution >= 4 is 11.8 Å². The largest absolute Gasteiger partial charge is 0.384 e. The van der Waals surface area contributed by atoms with E-state index >= 15 is 0 Å². The first-order valence-electron chi connectivity index (χ1n) is 5.51. The van der Waals surface area contributed by atoms with Gasteiger partial charge in [0.25, 0.3) is 0 Å². The second-order valence-corrected chi connectivity index (χ2v) is 5.99. The molecule has 1 aliphatic heterocycles. The fourth-order valence-electron chi connectivity index (χ4n) is 2.04. The highest BCUT2D eigenvalue weighted by Gasteiger charge is 2.33. The Kier molecular flexibility index (Phi) is 3.08. The molecule has 2 rings (SSSR count). The molecule has 1 aromatic carbocycles. The molecule has 0 amide bonds. The van der Waals surface area contributed by atoms with Crippen LogP contribution in [0, 0.1) is 6.92 Å². The maximum absolute atomic E-state index is 10.6. The van der Waals surface area contributed by atoms with E-state index in [-0.39, 0.29) is 0 Å². The summed E-state index contributed by atoms with van der Waals surface area (Å²) in [6.45, 7) is 4.31. The van der Waals surface area contributed by atoms with Gasteiger partial charge < -0.3 is 5.11 Å². The van der Waals surface area contributed by atoms with Crippen LogP contribution in [0.4, 0.5) is 0 Å². The van der Waals surface area contributed by atoms with E-state index in [9.17, 15) is 5.11 Å². The molecule has 1 aromatic rings. The van der Waals surface area contributed by atoms with Crippen LogP contribution in [0.1, 0.15) is 30.9 Å². The van der Waals surface area contributed by atoms with Crippen LogP contribution in [-0.2, 0) is 5.60 Å². The Labute approximate surface area is 95.9 Å². The molecule has 2 atom stereocenters. The van der Waals surface area contributed by atoms with Crippen molar-refractivity contribution in [2.45, 2.75) is 37.5 Å². The molecule has 1 fully saturated rings. The third kappa shape index (κ3) is 2.37. The Morgan fingerprint density at radius 2 is 2.27 bits per heavy atom. The second-order valence-electron chi connectivity index (χ2n) is 4.56. The van der Waals surface area contributed by atoms with Gasteiger partial charge in [0.1, 0.15) is 0 Å². The lowest BCUT2D eigenvalue weighted by molar-refractivity contribution is 0.0471. The van der Waals surface area contributed by atoms with Gasteiger partial charge in [-0.3, -0.25) is 0 Å². The third-order valence-corrected chi connectivity index (χ3v) is 4.58. The van der Waals surface area contributed by atoms with E-state index in [1.807, 2.05) is 23.9 Å². The molecule has 0 unspecified atom stereocenters. The summed E-state index contributed by atoms with van der Waals surface area (Å²) in [6.07, 6.45) is 2.00. The molecule has 0 saturated carbocycles. The van der Waals surface area contributed by atoms with E-state index in [2.05, 4.69) is 26.0 Å². The van der Waals surface area contributed by atoms with Gasteiger partial charge >= 0.3 is 0 Å². The molecule has 82 valence electrons. The smallest absolute Gasteiger partial charge is 0.0987 e. The molecule has 1 heterocycles. The predicted octanol–water partition coefficient (Wildman–Crippen LogP) is 3.10. The van der Waals surface area contributed by atoms with Crippen molar-refractivity contribution in [3.05, 3.63) is 35.4 Å². The third-order valence-electron chi connectivity index (χ3n) is 3.13. The molecule has 0 bridgehead atoms. The molecule has 0 spiro atoms. The Balaban J connectivity index is 2.22. The maximum atomic E-state index is 10.6. The number of rotatable bonds is 1. The van der Waals surface area contributed by atoms with Crippen molar-refractivity contribution in [3.63, 3.8) is 0 Å². The topological polar surface area (TPSA) is 20.2 Å². The van der Waals surface area contributed by atoms with Gasteiger partial charge in [-0.2, -0.15) is 11.8 Å². The Bertz CT molecular complexity index is 340. The zero-order valence-corrected chi connectivity index (χ0v) is 10.2. The van der Waals surface area contributed by atoms with Crippen molar-refractivity contribution in [3.8, 4) is 0 Å². The average molecular weight is 222 g/mol. The Morgan fingerprint density at radius 1 is 1.47 bits per heavy atom. The second kappa shape index (κ2) is 4.18. The van der Waals surface area contributed by atoms with Crippen LogP contribution < -0.4 is 0 Å². The van der Waals surface area contributed by atoms with Gasteiger partial charge in [-0.1, -0.05) is 36.8 Å². The average Bonchev–Trinajstić information content (AvgIpc) is 2.23. The lowest BCUT2D eigenvalue weighted by atomic mass is 9.89. The maximum Gasteiger partial charge on any atom is 0.0987 e. The minimum absolute atomic E-state index is 0.594. The molecule has 1 aliphatic rings. The highest BCUT2D eigenvalue weighted by atomic mass is 32.2. The van der Waals surface area contributed by atoms with Crippen LogP contribution in [0.2, 0.25) is 0 Å². The molecule has 2 heteroatoms. The number of hydrogen-bond acceptors (Lipinski definition) is 2. The summed E-state index contributed by atoms with van der Waals surface area (Å²) in [6, 6.07) is 8.26. The van der Waals surface area contributed by atoms with Crippen LogP contribution in [-0.4, -0.2) is 16.1 Å². The molecular formula is C13H18OS. The van der Waals surface area contributed by atoms with Gasteiger partial charge in [0, 0.05) is 11.0 Å². The Morgan fingerprint density at radius 3 is 2.87 bits per heavy atom. The van der Waals surface area contributed by atoms with E-state index in [1.165, 1.54) is 5.56 Å². The predicted molar refractivity (Wildman–Crippen MR) is 66.2 cm³/mol. The summed E-state index contributed by atoms with van der Waals surface area (Å²) in [5.74, 6) is 0.831. The van der Waals surface area contributed by atoms with Gasteiger partial charge in [-0.05, 0) is 25.3 Å². The van der Waals surface area contributed by atoms with Crippen LogP contribution in [0.3, 0.4) is 0 Å². The van der Waals surface area contributed by atoms with Crippen molar-refractivity contribution < 1.29 is 5.11 Å². The van der Waals surface area contributed by atoms with Crippen LogP contribution >= 0.6 is 11.8 Å². The van der Waals surface area contributed by atoms with Gasteiger partial charge in [0.05, 0.1) is 5.60 Å². The Hall–Kier alpha value is -0.470. The van der Waals surface area contributed by atoms with Crippen molar-refractivity contribution in [1.29, 1.82) is 0 Å². The minimum atomic E-state index is -0.594. The number of aliphatic hydroxyl groups is 1. The molecule has 1 N–H and O–H groups in total. The fraction of sp³-hybridized carbons (Fsp3) is 0.538. The fourth-order valence-corrected chi connectivity index (χ4v) is 3.20. The van der Waals surface area contributed by atoms with Crippen molar-refractivity contribution in [2.24, 2.45) is 0 Å². The zero-order chi connectivity index (χ0) is 10.9. The first-order chi connectivity index (χ1) is 7.10. The summed E-state index contributed by atoms with van der Waals surface area (Å²) < 4.78 is 0. The summed E-state index contributed by atoms with van der Waals surface area (Å²) in [5, 5.41) is 11.3. The SMILES string of the molecule is Cc1cccc([C@@]2(O)CC[C@@H](C)SC2)c1. The van der Waals surface area contributed by atoms with Crippen molar-refractivity contribution in [2.75, 3.05) is 5.75 Å². The van der Waals surface area contributed by atoms with Gasteiger partial charge in [-0.25, -0.2) is 0 Å². The molecular weight excluding hydrogens is 204 g/mol. The monoisotopic (exact) mass is 222 g/mol. The molecule has 0 aromatic heterocycles. The highest BCUT2D eigenvalue weighted by Crippen LogP contribution is 2.38. The van der Waals surface area contributed by atoms with E-state index in [4.69, 9.17) is 0 Å². The molecule has 0 aliphatic carbocycles. The zero-order valence-electron chi connectivity index (χ0n) is 9.36. The standard InChI is InChI=1S/C13H18OS/c1-10-4-3-5-12(8-10)13(14)7-6-11(2)15-9-13/h3-5,8,11,14H,6-7,9H2,1-2H3/t11-,13-/m1/s1. The lowest BCUT2D eigenvalue weighted by Gasteiger charge is -2.35. The van der Waals surface area contributed by atoms with Gasteiger partial charge in [0.15, 0.2) is 0 Å². The minimum Gasteiger partial charge on any atom is -0.384 e. The number of thioether (sulfide) groups is 1. The highest BCUT2D eigenvalue weighted by molar-refractivity contribution is 7.99. The van der Waals surface area contributed by atoms with Gasteiger partial charge in [0.2, 0.25) is 0 Å². The molecule has 1 saturated heterocycles. The quantitative estimate of drug-likeness (QED) is 0.788. The summed E-state index contributed by atoms with van der Waals surface area (Å²) in [4.78, 5) is 0. The van der Waals surface area contributed by atoms with Crippen LogP contribution in [0.25, 0.3) is 0 Å². The molecule has 0 radical (unpaired) electrons. The number of hydrogen-bond donors (Lipinski definition) is 1. The normalized spacial score (nSPS) is 31.5. The van der Waals surface area contributed by atoms with E-state index in [1.54, 1.807) is 0 Å². The summed E-state index contributed by atoms with van der Waals surface area (Å²) in [5.41, 5.74) is 1.72. The van der Waals surface area contributed by atoms with E-state index in [0.717, 1.165) is 24.2 Å². The molecule has 1 nitrogen and oxygen atoms in total. The van der Waals surface area contributed by atoms with Crippen LogP contribution in [0.5, 0.6) is 0 Å². The summed E-state index contributed by atoms with van der Waals surface area (Å²) >= 11 is 1.88. The number of benzene rings is 1. The summed E-state index contributed by atoms with van der Waals surface area (Å²) in [7, 11) is 0. The number of aryl methyl sites for hydroxylation is 1. The van der Waals surface area contributed by atoms with E-state index in [0.29, 0.717) is 5.25 Å². The first kappa shape index (κ1) is 11.0. The van der Waals surface area contributed by atoms with Crippen molar-refractivity contribution in [1.82, 2.24) is 0 Å². The van der Waals surface area contributed by atoms with E-state index < -0.39 is 5.60 Å².